The predicted octanol–water partition coefficient (Wildman–Crippen LogP) is 5.14. The van der Waals surface area contributed by atoms with Gasteiger partial charge < -0.3 is 4.90 Å². The molecule has 2 aromatic rings. The molecule has 0 aliphatic heterocycles. The third kappa shape index (κ3) is 4.83. The van der Waals surface area contributed by atoms with E-state index >= 15 is 0 Å². The third-order valence-corrected chi connectivity index (χ3v) is 5.14. The summed E-state index contributed by atoms with van der Waals surface area (Å²) in [4.78, 5) is 12.5. The lowest BCUT2D eigenvalue weighted by molar-refractivity contribution is -0.449. The van der Waals surface area contributed by atoms with Gasteiger partial charge in [0.2, 0.25) is 0 Å². The quantitative estimate of drug-likeness (QED) is 0.375. The van der Waals surface area contributed by atoms with Gasteiger partial charge in [0.25, 0.3) is 0 Å². The first-order chi connectivity index (χ1) is 17.3. The summed E-state index contributed by atoms with van der Waals surface area (Å²) >= 11 is 0. The first kappa shape index (κ1) is 31.9. The Bertz CT molecular complexity index is 1190. The maximum atomic E-state index is 14.2. The number of carbonyl (C=O) groups is 1. The Morgan fingerprint density at radius 3 is 1.59 bits per heavy atom. The Hall–Kier alpha value is -3.29. The van der Waals surface area contributed by atoms with E-state index in [4.69, 9.17) is 0 Å². The number of tetrazole rings is 1. The minimum atomic E-state index is -8.47. The normalized spacial score (nSPS) is 14.5. The largest absolute Gasteiger partial charge is 0.460 e. The number of aromatic nitrogens is 4. The van der Waals surface area contributed by atoms with Crippen molar-refractivity contribution in [3.05, 3.63) is 35.7 Å². The lowest BCUT2D eigenvalue weighted by atomic mass is 9.90. The maximum absolute atomic E-state index is 14.2. The van der Waals surface area contributed by atoms with E-state index in [2.05, 4.69) is 15.4 Å². The molecular formula is C18H12F15N5O. The van der Waals surface area contributed by atoms with Gasteiger partial charge in [-0.3, -0.25) is 4.79 Å². The molecule has 39 heavy (non-hydrogen) atoms. The highest BCUT2D eigenvalue weighted by Gasteiger charge is 2.94. The fraction of sp³-hybridized carbons (Fsp3) is 0.556. The number of rotatable bonds is 9. The van der Waals surface area contributed by atoms with Crippen molar-refractivity contribution < 1.29 is 70.7 Å². The summed E-state index contributed by atoms with van der Waals surface area (Å²) in [5.74, 6) is -51.6. The number of hydrogen-bond donors (Lipinski definition) is 0. The van der Waals surface area contributed by atoms with E-state index in [-0.39, 0.29) is 24.9 Å². The van der Waals surface area contributed by atoms with Gasteiger partial charge in [0.1, 0.15) is 0 Å². The summed E-state index contributed by atoms with van der Waals surface area (Å²) in [5, 5.41) is 10.9. The van der Waals surface area contributed by atoms with Crippen LogP contribution in [0.4, 0.5) is 71.5 Å². The van der Waals surface area contributed by atoms with Crippen LogP contribution in [0, 0.1) is 0 Å². The molecule has 220 valence electrons. The zero-order valence-corrected chi connectivity index (χ0v) is 18.8. The summed E-state index contributed by atoms with van der Waals surface area (Å²) in [6.45, 7) is 0. The van der Waals surface area contributed by atoms with Crippen LogP contribution < -0.4 is 4.90 Å². The molecule has 2 rings (SSSR count). The molecule has 0 fully saturated rings. The van der Waals surface area contributed by atoms with Crippen molar-refractivity contribution in [2.24, 2.45) is 7.05 Å². The Morgan fingerprint density at radius 1 is 0.744 bits per heavy atom. The van der Waals surface area contributed by atoms with Gasteiger partial charge in [0.15, 0.2) is 5.82 Å². The second-order valence-electron chi connectivity index (χ2n) is 7.85. The third-order valence-electron chi connectivity index (χ3n) is 5.14. The summed E-state index contributed by atoms with van der Waals surface area (Å²) in [6.07, 6.45) is -7.77. The molecule has 0 saturated heterocycles. The van der Waals surface area contributed by atoms with Gasteiger partial charge >= 0.3 is 47.6 Å². The predicted molar refractivity (Wildman–Crippen MR) is 97.2 cm³/mol. The number of benzene rings is 1. The van der Waals surface area contributed by atoms with E-state index in [1.165, 1.54) is 7.05 Å². The van der Waals surface area contributed by atoms with Gasteiger partial charge in [-0.25, -0.2) is 0 Å². The Kier molecular flexibility index (Phi) is 7.71. The first-order valence-corrected chi connectivity index (χ1v) is 9.71. The van der Waals surface area contributed by atoms with Gasteiger partial charge in [0.05, 0.1) is 7.05 Å². The number of nitrogens with zero attached hydrogens (tertiary/aromatic N) is 5. The van der Waals surface area contributed by atoms with Gasteiger partial charge in [0, 0.05) is 19.2 Å². The molecule has 1 heterocycles. The number of alkyl halides is 15. The standard InChI is InChI=1S/C18H12F15N5O/c1-37(9-5-3-8(4-6-9)7-10-34-36-38(2)35-10)11(39)12(19,20)13(21,22)14(23,24)15(25,26)16(27,28)17(29,30)18(31,32)33/h3-6H,7H2,1-2H3. The molecule has 1 aromatic heterocycles. The molecule has 0 aliphatic carbocycles. The Labute approximate surface area is 206 Å². The van der Waals surface area contributed by atoms with Crippen LogP contribution in [-0.2, 0) is 18.3 Å². The fourth-order valence-electron chi connectivity index (χ4n) is 2.84. The minimum absolute atomic E-state index is 0.0575. The van der Waals surface area contributed by atoms with Crippen LogP contribution >= 0.6 is 0 Å². The highest BCUT2D eigenvalue weighted by molar-refractivity contribution is 5.98. The average Bonchev–Trinajstić information content (AvgIpc) is 3.21. The van der Waals surface area contributed by atoms with E-state index in [0.29, 0.717) is 0 Å². The number of carbonyl (C=O) groups excluding carboxylic acids is 1. The average molecular weight is 599 g/mol. The highest BCUT2D eigenvalue weighted by atomic mass is 19.4. The Morgan fingerprint density at radius 2 is 1.18 bits per heavy atom. The van der Waals surface area contributed by atoms with Crippen LogP contribution in [-0.4, -0.2) is 74.9 Å². The second-order valence-corrected chi connectivity index (χ2v) is 7.85. The monoisotopic (exact) mass is 599 g/mol. The van der Waals surface area contributed by atoms with Gasteiger partial charge in [-0.15, -0.1) is 10.2 Å². The van der Waals surface area contributed by atoms with E-state index in [9.17, 15) is 70.7 Å². The van der Waals surface area contributed by atoms with Crippen LogP contribution in [0.3, 0.4) is 0 Å². The smallest absolute Gasteiger partial charge is 0.310 e. The number of halogens is 15. The van der Waals surface area contributed by atoms with Crippen molar-refractivity contribution in [3.8, 4) is 0 Å². The molecule has 0 unspecified atom stereocenters. The summed E-state index contributed by atoms with van der Waals surface area (Å²) in [7, 11) is 1.63. The molecule has 0 bridgehead atoms. The SMILES string of the molecule is CN(C(=O)C(F)(F)C(F)(F)C(F)(F)C(F)(F)C(F)(F)C(F)(F)C(F)(F)F)c1ccc(Cc2nnn(C)n2)cc1. The van der Waals surface area contributed by atoms with Crippen LogP contribution in [0.2, 0.25) is 0 Å². The zero-order valence-electron chi connectivity index (χ0n) is 18.8. The summed E-state index contributed by atoms with van der Waals surface area (Å²) in [6, 6.07) is 3.60. The molecule has 21 heteroatoms. The van der Waals surface area contributed by atoms with Crippen LogP contribution in [0.5, 0.6) is 0 Å². The highest BCUT2D eigenvalue weighted by Crippen LogP contribution is 2.62. The molecule has 1 aromatic carbocycles. The topological polar surface area (TPSA) is 63.9 Å². The van der Waals surface area contributed by atoms with Crippen molar-refractivity contribution in [2.75, 3.05) is 11.9 Å². The number of anilines is 1. The molecule has 6 nitrogen and oxygen atoms in total. The van der Waals surface area contributed by atoms with Crippen LogP contribution in [0.25, 0.3) is 0 Å². The number of amides is 1. The van der Waals surface area contributed by atoms with Crippen LogP contribution in [0.15, 0.2) is 24.3 Å². The van der Waals surface area contributed by atoms with E-state index < -0.39 is 58.2 Å². The maximum Gasteiger partial charge on any atom is 0.460 e. The van der Waals surface area contributed by atoms with Gasteiger partial charge in [-0.1, -0.05) is 12.1 Å². The van der Waals surface area contributed by atoms with Crippen molar-refractivity contribution in [1.82, 2.24) is 20.2 Å². The zero-order chi connectivity index (χ0) is 30.6. The second kappa shape index (κ2) is 9.42. The summed E-state index contributed by atoms with van der Waals surface area (Å²) in [5.41, 5.74) is -0.501. The van der Waals surface area contributed by atoms with Crippen molar-refractivity contribution in [1.29, 1.82) is 0 Å². The number of hydrogen-bond acceptors (Lipinski definition) is 4. The van der Waals surface area contributed by atoms with Crippen molar-refractivity contribution in [2.45, 2.75) is 48.1 Å². The fourth-order valence-corrected chi connectivity index (χ4v) is 2.84. The minimum Gasteiger partial charge on any atom is -0.310 e. The molecule has 1 amide bonds. The molecule has 0 atom stereocenters. The molecule has 0 aliphatic rings. The molecule has 0 saturated carbocycles. The summed E-state index contributed by atoms with van der Waals surface area (Å²) < 4.78 is 200. The van der Waals surface area contributed by atoms with E-state index in [0.717, 1.165) is 29.1 Å². The first-order valence-electron chi connectivity index (χ1n) is 9.71. The molecule has 0 radical (unpaired) electrons. The Balaban J connectivity index is 2.41. The molecule has 0 spiro atoms. The van der Waals surface area contributed by atoms with Gasteiger partial charge in [-0.2, -0.15) is 70.7 Å². The lowest BCUT2D eigenvalue weighted by Crippen LogP contribution is -2.74. The van der Waals surface area contributed by atoms with Crippen molar-refractivity contribution >= 4 is 11.6 Å². The van der Waals surface area contributed by atoms with Crippen LogP contribution in [0.1, 0.15) is 11.4 Å². The molecular weight excluding hydrogens is 587 g/mol. The molecule has 0 N–H and O–H groups in total. The lowest BCUT2D eigenvalue weighted by Gasteiger charge is -2.41. The van der Waals surface area contributed by atoms with E-state index in [1.54, 1.807) is 0 Å². The number of aryl methyl sites for hydroxylation is 1. The van der Waals surface area contributed by atoms with E-state index in [1.807, 2.05) is 0 Å². The van der Waals surface area contributed by atoms with Crippen molar-refractivity contribution in [3.63, 3.8) is 0 Å². The van der Waals surface area contributed by atoms with Gasteiger partial charge in [-0.05, 0) is 22.9 Å².